The molecule has 0 aliphatic carbocycles. The Balaban J connectivity index is 2.02. The first-order chi connectivity index (χ1) is 10.5. The highest BCUT2D eigenvalue weighted by molar-refractivity contribution is 5.90. The van der Waals surface area contributed by atoms with Gasteiger partial charge in [0.1, 0.15) is 0 Å². The number of carboxylic acid groups (broad SMARTS) is 1. The molecule has 1 N–H and O–H groups in total. The second kappa shape index (κ2) is 6.98. The molecule has 118 valence electrons. The van der Waals surface area contributed by atoms with Crippen LogP contribution in [0.4, 0.5) is 10.5 Å². The smallest absolute Gasteiger partial charge is 0.407 e. The number of benzene rings is 1. The molecule has 0 saturated carbocycles. The Morgan fingerprint density at radius 3 is 2.23 bits per heavy atom. The fraction of sp³-hybridized carbons (Fsp3) is 0.375. The van der Waals surface area contributed by atoms with Gasteiger partial charge >= 0.3 is 12.1 Å². The molecule has 1 aromatic carbocycles. The van der Waals surface area contributed by atoms with E-state index in [1.807, 2.05) is 31.2 Å². The monoisotopic (exact) mass is 304 g/mol. The number of rotatable bonds is 3. The van der Waals surface area contributed by atoms with Gasteiger partial charge in [0.15, 0.2) is 0 Å². The number of allylic oxidation sites excluding steroid dienone is 1. The number of nitrogens with zero attached hydrogens (tertiary/aromatic N) is 2. The molecule has 0 radical (unpaired) electrons. The molecule has 6 nitrogen and oxygen atoms in total. The van der Waals surface area contributed by atoms with Gasteiger partial charge in [-0.1, -0.05) is 12.1 Å². The van der Waals surface area contributed by atoms with Crippen LogP contribution in [-0.2, 0) is 9.53 Å². The molecular formula is C16H20N2O4. The fourth-order valence-electron chi connectivity index (χ4n) is 2.41. The summed E-state index contributed by atoms with van der Waals surface area (Å²) in [6, 6.07) is 7.88. The van der Waals surface area contributed by atoms with Crippen molar-refractivity contribution >= 4 is 23.3 Å². The Labute approximate surface area is 129 Å². The first kappa shape index (κ1) is 15.9. The van der Waals surface area contributed by atoms with Gasteiger partial charge in [0.25, 0.3) is 0 Å². The van der Waals surface area contributed by atoms with Crippen LogP contribution in [0, 0.1) is 0 Å². The highest BCUT2D eigenvalue weighted by Crippen LogP contribution is 2.21. The van der Waals surface area contributed by atoms with Crippen molar-refractivity contribution in [2.75, 3.05) is 38.2 Å². The maximum Gasteiger partial charge on any atom is 0.407 e. The zero-order valence-corrected chi connectivity index (χ0v) is 12.8. The summed E-state index contributed by atoms with van der Waals surface area (Å²) < 4.78 is 4.61. The summed E-state index contributed by atoms with van der Waals surface area (Å²) >= 11 is 0. The van der Waals surface area contributed by atoms with E-state index in [0.717, 1.165) is 16.8 Å². The Morgan fingerprint density at radius 2 is 1.73 bits per heavy atom. The third kappa shape index (κ3) is 3.78. The molecule has 1 aliphatic rings. The molecule has 2 rings (SSSR count). The number of ether oxygens (including phenoxy) is 1. The van der Waals surface area contributed by atoms with Gasteiger partial charge in [-0.15, -0.1) is 0 Å². The van der Waals surface area contributed by atoms with Gasteiger partial charge in [-0.2, -0.15) is 0 Å². The lowest BCUT2D eigenvalue weighted by Crippen LogP contribution is -2.48. The summed E-state index contributed by atoms with van der Waals surface area (Å²) in [5, 5.41) is 8.95. The minimum absolute atomic E-state index is 0.369. The van der Waals surface area contributed by atoms with Crippen molar-refractivity contribution in [3.8, 4) is 0 Å². The number of esters is 1. The van der Waals surface area contributed by atoms with Crippen LogP contribution in [0.2, 0.25) is 0 Å². The van der Waals surface area contributed by atoms with Crippen LogP contribution in [0.25, 0.3) is 5.57 Å². The van der Waals surface area contributed by atoms with Crippen LogP contribution in [0.5, 0.6) is 0 Å². The van der Waals surface area contributed by atoms with Crippen molar-refractivity contribution < 1.29 is 19.4 Å². The van der Waals surface area contributed by atoms with Crippen LogP contribution in [0.1, 0.15) is 12.5 Å². The van der Waals surface area contributed by atoms with E-state index in [1.165, 1.54) is 18.1 Å². The van der Waals surface area contributed by atoms with Crippen molar-refractivity contribution in [3.63, 3.8) is 0 Å². The Morgan fingerprint density at radius 1 is 1.14 bits per heavy atom. The zero-order valence-electron chi connectivity index (χ0n) is 12.8. The molecule has 22 heavy (non-hydrogen) atoms. The van der Waals surface area contributed by atoms with Crippen LogP contribution in [0.15, 0.2) is 30.3 Å². The number of carbonyl (C=O) groups is 2. The highest BCUT2D eigenvalue weighted by Gasteiger charge is 2.20. The van der Waals surface area contributed by atoms with Gasteiger partial charge in [0.05, 0.1) is 7.11 Å². The van der Waals surface area contributed by atoms with E-state index in [4.69, 9.17) is 5.11 Å². The van der Waals surface area contributed by atoms with Crippen LogP contribution >= 0.6 is 0 Å². The quantitative estimate of drug-likeness (QED) is 0.684. The predicted octanol–water partition coefficient (Wildman–Crippen LogP) is 2.06. The van der Waals surface area contributed by atoms with Gasteiger partial charge < -0.3 is 19.6 Å². The molecule has 0 aromatic heterocycles. The minimum atomic E-state index is -0.862. The average Bonchev–Trinajstić information content (AvgIpc) is 2.55. The lowest BCUT2D eigenvalue weighted by Gasteiger charge is -2.34. The summed E-state index contributed by atoms with van der Waals surface area (Å²) in [4.78, 5) is 25.7. The molecule has 1 amide bonds. The van der Waals surface area contributed by atoms with Gasteiger partial charge in [-0.05, 0) is 30.2 Å². The molecule has 0 atom stereocenters. The maximum atomic E-state index is 11.2. The number of hydrogen-bond acceptors (Lipinski definition) is 4. The molecule has 0 spiro atoms. The number of anilines is 1. The third-order valence-corrected chi connectivity index (χ3v) is 3.77. The first-order valence-electron chi connectivity index (χ1n) is 7.11. The van der Waals surface area contributed by atoms with E-state index in [0.29, 0.717) is 26.2 Å². The van der Waals surface area contributed by atoms with Crippen molar-refractivity contribution in [1.82, 2.24) is 4.90 Å². The number of methoxy groups -OCH3 is 1. The average molecular weight is 304 g/mol. The van der Waals surface area contributed by atoms with E-state index < -0.39 is 6.09 Å². The Hall–Kier alpha value is -2.50. The summed E-state index contributed by atoms with van der Waals surface area (Å²) in [5.41, 5.74) is 2.85. The second-order valence-electron chi connectivity index (χ2n) is 5.15. The number of piperazine rings is 1. The van der Waals surface area contributed by atoms with Gasteiger partial charge in [-0.25, -0.2) is 9.59 Å². The molecular weight excluding hydrogens is 284 g/mol. The number of hydrogen-bond donors (Lipinski definition) is 1. The SMILES string of the molecule is COC(=O)/C=C(/C)c1ccc(N2CCN(C(=O)O)CC2)cc1. The molecule has 6 heteroatoms. The highest BCUT2D eigenvalue weighted by atomic mass is 16.5. The molecule has 1 aliphatic heterocycles. The molecule has 1 heterocycles. The fourth-order valence-corrected chi connectivity index (χ4v) is 2.41. The summed E-state index contributed by atoms with van der Waals surface area (Å²) in [6.07, 6.45) is 0.597. The van der Waals surface area contributed by atoms with Crippen molar-refractivity contribution in [2.45, 2.75) is 6.92 Å². The van der Waals surface area contributed by atoms with Gasteiger partial charge in [0, 0.05) is 37.9 Å². The Kier molecular flexibility index (Phi) is 5.04. The summed E-state index contributed by atoms with van der Waals surface area (Å²) in [5.74, 6) is -0.369. The van der Waals surface area contributed by atoms with E-state index in [2.05, 4.69) is 9.64 Å². The van der Waals surface area contributed by atoms with Crippen molar-refractivity contribution in [1.29, 1.82) is 0 Å². The third-order valence-electron chi connectivity index (χ3n) is 3.77. The van der Waals surface area contributed by atoms with Gasteiger partial charge in [-0.3, -0.25) is 0 Å². The molecule has 1 aromatic rings. The first-order valence-corrected chi connectivity index (χ1v) is 7.11. The minimum Gasteiger partial charge on any atom is -0.466 e. The van der Waals surface area contributed by atoms with Crippen molar-refractivity contribution in [2.24, 2.45) is 0 Å². The molecule has 1 saturated heterocycles. The molecule has 0 bridgehead atoms. The van der Waals surface area contributed by atoms with E-state index in [1.54, 1.807) is 0 Å². The van der Waals surface area contributed by atoms with Crippen molar-refractivity contribution in [3.05, 3.63) is 35.9 Å². The lowest BCUT2D eigenvalue weighted by atomic mass is 10.1. The number of carbonyl (C=O) groups excluding carboxylic acids is 1. The topological polar surface area (TPSA) is 70.1 Å². The summed E-state index contributed by atoms with van der Waals surface area (Å²) in [6.45, 7) is 4.25. The lowest BCUT2D eigenvalue weighted by molar-refractivity contribution is -0.134. The second-order valence-corrected chi connectivity index (χ2v) is 5.15. The zero-order chi connectivity index (χ0) is 16.1. The normalized spacial score (nSPS) is 15.6. The largest absolute Gasteiger partial charge is 0.466 e. The van der Waals surface area contributed by atoms with Crippen LogP contribution in [0.3, 0.4) is 0 Å². The van der Waals surface area contributed by atoms with E-state index >= 15 is 0 Å². The predicted molar refractivity (Wildman–Crippen MR) is 83.9 cm³/mol. The maximum absolute atomic E-state index is 11.2. The summed E-state index contributed by atoms with van der Waals surface area (Å²) in [7, 11) is 1.35. The van der Waals surface area contributed by atoms with E-state index in [9.17, 15) is 9.59 Å². The van der Waals surface area contributed by atoms with Crippen LogP contribution < -0.4 is 4.90 Å². The number of amides is 1. The standard InChI is InChI=1S/C16H20N2O4/c1-12(11-15(19)22-2)13-3-5-14(6-4-13)17-7-9-18(10-8-17)16(20)21/h3-6,11H,7-10H2,1-2H3,(H,20,21)/b12-11-. The Bertz CT molecular complexity index is 572. The molecule has 0 unspecified atom stereocenters. The van der Waals surface area contributed by atoms with Gasteiger partial charge in [0.2, 0.25) is 0 Å². The molecule has 1 fully saturated rings. The van der Waals surface area contributed by atoms with Crippen LogP contribution in [-0.4, -0.2) is 55.4 Å². The van der Waals surface area contributed by atoms with E-state index in [-0.39, 0.29) is 5.97 Å².